The largest absolute Gasteiger partial charge is 0.465 e. The van der Waals surface area contributed by atoms with E-state index in [4.69, 9.17) is 4.74 Å². The number of amides is 1. The Morgan fingerprint density at radius 1 is 0.895 bits per heavy atom. The number of fused-ring (bicyclic) bond motifs is 2. The van der Waals surface area contributed by atoms with Gasteiger partial charge in [0.2, 0.25) is 0 Å². The second-order valence-electron chi connectivity index (χ2n) is 8.78. The van der Waals surface area contributed by atoms with Crippen LogP contribution in [0.25, 0.3) is 33.7 Å². The van der Waals surface area contributed by atoms with Crippen molar-refractivity contribution in [3.8, 4) is 11.4 Å². The fourth-order valence-electron chi connectivity index (χ4n) is 4.55. The minimum absolute atomic E-state index is 0.284. The number of benzene rings is 3. The van der Waals surface area contributed by atoms with Crippen LogP contribution in [0.1, 0.15) is 21.5 Å². The van der Waals surface area contributed by atoms with E-state index in [0.29, 0.717) is 33.6 Å². The molecule has 9 nitrogen and oxygen atoms in total. The van der Waals surface area contributed by atoms with E-state index in [0.717, 1.165) is 28.2 Å². The molecule has 2 aromatic heterocycles. The van der Waals surface area contributed by atoms with Gasteiger partial charge in [0.25, 0.3) is 5.91 Å². The summed E-state index contributed by atoms with van der Waals surface area (Å²) >= 11 is 0. The number of methoxy groups -OCH3 is 1. The van der Waals surface area contributed by atoms with E-state index in [2.05, 4.69) is 25.6 Å². The number of nitrogens with one attached hydrogen (secondary N) is 2. The molecule has 0 unspecified atom stereocenters. The fraction of sp³-hybridized carbons (Fsp3) is 0.0690. The number of hydrogen-bond acceptors (Lipinski definition) is 7. The molecule has 0 aliphatic carbocycles. The van der Waals surface area contributed by atoms with Crippen molar-refractivity contribution in [1.82, 2.24) is 19.5 Å². The Labute approximate surface area is 217 Å². The van der Waals surface area contributed by atoms with E-state index in [9.17, 15) is 9.59 Å². The number of esters is 1. The Morgan fingerprint density at radius 2 is 1.66 bits per heavy atom. The lowest BCUT2D eigenvalue weighted by molar-refractivity contribution is -0.110. The average Bonchev–Trinajstić information content (AvgIpc) is 3.52. The molecule has 0 atom stereocenters. The topological polar surface area (TPSA) is 111 Å². The maximum Gasteiger partial charge on any atom is 0.337 e. The molecule has 0 bridgehead atoms. The van der Waals surface area contributed by atoms with Gasteiger partial charge in [-0.05, 0) is 48.5 Å². The van der Waals surface area contributed by atoms with Crippen LogP contribution in [0.15, 0.2) is 85.5 Å². The van der Waals surface area contributed by atoms with Crippen LogP contribution in [0.4, 0.5) is 11.4 Å². The zero-order chi connectivity index (χ0) is 26.2. The lowest BCUT2D eigenvalue weighted by Gasteiger charge is -2.16. The lowest BCUT2D eigenvalue weighted by Crippen LogP contribution is -2.10. The maximum absolute atomic E-state index is 13.3. The minimum atomic E-state index is -0.473. The SMILES string of the molecule is COC(=O)c1ccc2c(c1)NC(=O)C2=C(Nc1ccc(-c2nccn2C)cc1)c1ccc2nccnc2c1. The van der Waals surface area contributed by atoms with Crippen molar-refractivity contribution in [2.24, 2.45) is 7.05 Å². The molecule has 38 heavy (non-hydrogen) atoms. The van der Waals surface area contributed by atoms with E-state index in [1.165, 1.54) is 7.11 Å². The van der Waals surface area contributed by atoms with Crippen LogP contribution in [0.2, 0.25) is 0 Å². The van der Waals surface area contributed by atoms with Gasteiger partial charge in [0.15, 0.2) is 0 Å². The number of hydrogen-bond donors (Lipinski definition) is 2. The van der Waals surface area contributed by atoms with Crippen LogP contribution in [-0.4, -0.2) is 38.5 Å². The number of anilines is 2. The molecule has 9 heteroatoms. The van der Waals surface area contributed by atoms with E-state index in [1.807, 2.05) is 60.3 Å². The van der Waals surface area contributed by atoms with Gasteiger partial charge in [-0.25, -0.2) is 9.78 Å². The van der Waals surface area contributed by atoms with E-state index in [-0.39, 0.29) is 5.91 Å². The summed E-state index contributed by atoms with van der Waals surface area (Å²) in [6.45, 7) is 0. The van der Waals surface area contributed by atoms with Gasteiger partial charge in [-0.1, -0.05) is 12.1 Å². The molecule has 0 fully saturated rings. The van der Waals surface area contributed by atoms with Crippen LogP contribution < -0.4 is 10.6 Å². The molecule has 3 aromatic carbocycles. The molecule has 0 spiro atoms. The molecule has 2 N–H and O–H groups in total. The third-order valence-corrected chi connectivity index (χ3v) is 6.43. The number of nitrogens with zero attached hydrogens (tertiary/aromatic N) is 4. The van der Waals surface area contributed by atoms with Crippen molar-refractivity contribution in [3.63, 3.8) is 0 Å². The third kappa shape index (κ3) is 4.05. The summed E-state index contributed by atoms with van der Waals surface area (Å²) in [7, 11) is 3.27. The summed E-state index contributed by atoms with van der Waals surface area (Å²) < 4.78 is 6.79. The molecule has 1 aliphatic rings. The Kier molecular flexibility index (Phi) is 5.65. The number of aryl methyl sites for hydroxylation is 1. The van der Waals surface area contributed by atoms with Gasteiger partial charge >= 0.3 is 5.97 Å². The number of imidazole rings is 1. The van der Waals surface area contributed by atoms with Gasteiger partial charge in [0.1, 0.15) is 5.82 Å². The standard InChI is InChI=1S/C29H22N6O3/c1-35-14-13-32-27(35)17-3-7-20(8-4-17)33-26(18-6-10-22-24(15-18)31-12-11-30-22)25-21-9-5-19(29(37)38-2)16-23(21)34-28(25)36/h3-16,33H,1-2H3,(H,34,36). The van der Waals surface area contributed by atoms with E-state index in [1.54, 1.807) is 36.8 Å². The molecule has 6 rings (SSSR count). The molecule has 186 valence electrons. The maximum atomic E-state index is 13.3. The smallest absolute Gasteiger partial charge is 0.337 e. The molecule has 0 radical (unpaired) electrons. The quantitative estimate of drug-likeness (QED) is 0.264. The van der Waals surface area contributed by atoms with Crippen LogP contribution >= 0.6 is 0 Å². The normalized spacial score (nSPS) is 13.7. The predicted octanol–water partition coefficient (Wildman–Crippen LogP) is 4.75. The Hall–Kier alpha value is -5.31. The monoisotopic (exact) mass is 502 g/mol. The Bertz CT molecular complexity index is 1750. The second kappa shape index (κ2) is 9.29. The highest BCUT2D eigenvalue weighted by molar-refractivity contribution is 6.37. The summed E-state index contributed by atoms with van der Waals surface area (Å²) in [6, 6.07) is 18.5. The first kappa shape index (κ1) is 23.1. The van der Waals surface area contributed by atoms with Gasteiger partial charge in [-0.15, -0.1) is 0 Å². The molecule has 5 aromatic rings. The van der Waals surface area contributed by atoms with Crippen LogP contribution in [-0.2, 0) is 16.6 Å². The first-order valence-electron chi connectivity index (χ1n) is 11.9. The number of rotatable bonds is 5. The van der Waals surface area contributed by atoms with Crippen molar-refractivity contribution in [2.45, 2.75) is 0 Å². The van der Waals surface area contributed by atoms with Crippen molar-refractivity contribution in [2.75, 3.05) is 17.7 Å². The first-order valence-corrected chi connectivity index (χ1v) is 11.9. The molecule has 0 saturated heterocycles. The molecule has 1 aliphatic heterocycles. The zero-order valence-electron chi connectivity index (χ0n) is 20.6. The highest BCUT2D eigenvalue weighted by Crippen LogP contribution is 2.38. The van der Waals surface area contributed by atoms with Crippen LogP contribution in [0.3, 0.4) is 0 Å². The number of aromatic nitrogens is 4. The number of ether oxygens (including phenoxy) is 1. The van der Waals surface area contributed by atoms with Crippen molar-refractivity contribution >= 4 is 45.6 Å². The van der Waals surface area contributed by atoms with Crippen molar-refractivity contribution in [1.29, 1.82) is 0 Å². The zero-order valence-corrected chi connectivity index (χ0v) is 20.6. The summed E-state index contributed by atoms with van der Waals surface area (Å²) in [5, 5.41) is 6.35. The predicted molar refractivity (Wildman–Crippen MR) is 145 cm³/mol. The van der Waals surface area contributed by atoms with Gasteiger partial charge in [-0.2, -0.15) is 0 Å². The van der Waals surface area contributed by atoms with E-state index < -0.39 is 5.97 Å². The molecule has 0 saturated carbocycles. The minimum Gasteiger partial charge on any atom is -0.465 e. The van der Waals surface area contributed by atoms with Crippen LogP contribution in [0.5, 0.6) is 0 Å². The summed E-state index contributed by atoms with van der Waals surface area (Å²) in [5.41, 5.74) is 6.60. The fourth-order valence-corrected chi connectivity index (χ4v) is 4.55. The lowest BCUT2D eigenvalue weighted by atomic mass is 9.98. The second-order valence-corrected chi connectivity index (χ2v) is 8.78. The van der Waals surface area contributed by atoms with Gasteiger partial charge < -0.3 is 19.9 Å². The number of carbonyl (C=O) groups excluding carboxylic acids is 2. The summed E-state index contributed by atoms with van der Waals surface area (Å²) in [6.07, 6.45) is 6.93. The number of carbonyl (C=O) groups is 2. The Morgan fingerprint density at radius 3 is 2.39 bits per heavy atom. The van der Waals surface area contributed by atoms with Crippen molar-refractivity contribution < 1.29 is 14.3 Å². The van der Waals surface area contributed by atoms with Gasteiger partial charge in [0.05, 0.1) is 40.7 Å². The average molecular weight is 503 g/mol. The van der Waals surface area contributed by atoms with Gasteiger partial charge in [-0.3, -0.25) is 14.8 Å². The summed E-state index contributed by atoms with van der Waals surface area (Å²) in [5.74, 6) is 0.0980. The summed E-state index contributed by atoms with van der Waals surface area (Å²) in [4.78, 5) is 38.6. The molecular formula is C29H22N6O3. The van der Waals surface area contributed by atoms with E-state index >= 15 is 0 Å². The molecule has 1 amide bonds. The molecule has 3 heterocycles. The first-order chi connectivity index (χ1) is 18.5. The third-order valence-electron chi connectivity index (χ3n) is 6.43. The van der Waals surface area contributed by atoms with Crippen molar-refractivity contribution in [3.05, 3.63) is 102 Å². The Balaban J connectivity index is 1.48. The van der Waals surface area contributed by atoms with Crippen LogP contribution in [0, 0.1) is 0 Å². The highest BCUT2D eigenvalue weighted by atomic mass is 16.5. The molecular weight excluding hydrogens is 480 g/mol. The highest BCUT2D eigenvalue weighted by Gasteiger charge is 2.29. The van der Waals surface area contributed by atoms with Gasteiger partial charge in [0, 0.05) is 54.2 Å².